The summed E-state index contributed by atoms with van der Waals surface area (Å²) in [5.41, 5.74) is 3.56. The number of carbonyl (C=O) groups excluding carboxylic acids is 6. The van der Waals surface area contributed by atoms with Gasteiger partial charge in [-0.15, -0.1) is 0 Å². The predicted molar refractivity (Wildman–Crippen MR) is 146 cm³/mol. The van der Waals surface area contributed by atoms with Gasteiger partial charge in [0.1, 0.15) is 15.2 Å². The first kappa shape index (κ1) is 38.1. The van der Waals surface area contributed by atoms with Crippen LogP contribution in [0.15, 0.2) is 36.4 Å². The van der Waals surface area contributed by atoms with Crippen molar-refractivity contribution in [2.45, 2.75) is 37.9 Å². The van der Waals surface area contributed by atoms with Crippen LogP contribution in [0.4, 0.5) is 0 Å². The van der Waals surface area contributed by atoms with Crippen molar-refractivity contribution in [1.29, 1.82) is 0 Å². The van der Waals surface area contributed by atoms with Crippen LogP contribution in [-0.4, -0.2) is 47.2 Å². The summed E-state index contributed by atoms with van der Waals surface area (Å²) in [6.45, 7) is 4.13. The van der Waals surface area contributed by atoms with E-state index in [-0.39, 0.29) is 35.0 Å². The molecule has 0 atom stereocenters. The van der Waals surface area contributed by atoms with Crippen molar-refractivity contribution in [3.05, 3.63) is 58.7 Å². The second kappa shape index (κ2) is 23.0. The van der Waals surface area contributed by atoms with Crippen LogP contribution in [0.25, 0.3) is 0 Å². The fourth-order valence-electron chi connectivity index (χ4n) is 2.53. The van der Waals surface area contributed by atoms with Crippen LogP contribution in [0.1, 0.15) is 53.1 Å². The zero-order valence-electron chi connectivity index (χ0n) is 19.6. The molecular weight excluding hydrogens is 668 g/mol. The minimum absolute atomic E-state index is 0. The zero-order valence-corrected chi connectivity index (χ0v) is 24.3. The number of rotatable bonds is 8. The minimum Gasteiger partial charge on any atom is -0.496 e. The van der Waals surface area contributed by atoms with Gasteiger partial charge < -0.3 is 9.47 Å². The van der Waals surface area contributed by atoms with Crippen LogP contribution in [0.5, 0.6) is 11.5 Å². The van der Waals surface area contributed by atoms with Gasteiger partial charge in [0, 0.05) is 0 Å². The molecule has 2 aromatic rings. The topological polar surface area (TPSA) is 121 Å². The van der Waals surface area contributed by atoms with Crippen molar-refractivity contribution in [2.75, 3.05) is 19.5 Å². The average Bonchev–Trinajstić information content (AvgIpc) is 2.88. The zero-order chi connectivity index (χ0) is 27.4. The Morgan fingerprint density at radius 3 is 1.47 bits per heavy atom. The van der Waals surface area contributed by atoms with E-state index in [9.17, 15) is 9.59 Å². The molecule has 0 saturated heterocycles. The molecule has 2 aromatic carbocycles. The number of methoxy groups -OCH3 is 2. The molecule has 0 saturated carbocycles. The number of alkyl halides is 3. The van der Waals surface area contributed by atoms with Gasteiger partial charge in [0.25, 0.3) is 0 Å². The first-order valence-electron chi connectivity index (χ1n) is 9.89. The van der Waals surface area contributed by atoms with Gasteiger partial charge in [-0.05, 0) is 48.2 Å². The van der Waals surface area contributed by atoms with Crippen molar-refractivity contribution < 1.29 is 38.2 Å². The molecule has 0 aliphatic carbocycles. The molecule has 36 heavy (non-hydrogen) atoms. The molecule has 0 unspecified atom stereocenters. The van der Waals surface area contributed by atoms with E-state index in [1.807, 2.05) is 30.3 Å². The lowest BCUT2D eigenvalue weighted by Gasteiger charge is -2.09. The highest BCUT2D eigenvalue weighted by atomic mass is 79.9. The number of carbonyl (C=O) groups is 2. The molecule has 0 radical (unpaired) electrons. The van der Waals surface area contributed by atoms with E-state index in [1.165, 1.54) is 5.56 Å². The van der Waals surface area contributed by atoms with Gasteiger partial charge in [-0.2, -0.15) is 19.2 Å². The molecule has 198 valence electrons. The lowest BCUT2D eigenvalue weighted by atomic mass is 10.1. The first-order valence-corrected chi connectivity index (χ1v) is 12.8. The lowest BCUT2D eigenvalue weighted by molar-refractivity contribution is -0.193. The monoisotopic (exact) mass is 694 g/mol. The molecule has 0 aromatic heterocycles. The van der Waals surface area contributed by atoms with E-state index in [0.717, 1.165) is 18.4 Å². The number of ether oxygens (including phenoxy) is 2. The summed E-state index contributed by atoms with van der Waals surface area (Å²) in [4.78, 5) is 55.7. The third-order valence-corrected chi connectivity index (χ3v) is 5.57. The van der Waals surface area contributed by atoms with Gasteiger partial charge in [0.15, 0.2) is 11.6 Å². The molecule has 8 nitrogen and oxygen atoms in total. The molecular formula is C25H29Br3O8. The van der Waals surface area contributed by atoms with Gasteiger partial charge in [-0.1, -0.05) is 81.2 Å². The molecule has 0 bridgehead atoms. The van der Waals surface area contributed by atoms with Gasteiger partial charge in [0.05, 0.1) is 30.7 Å². The minimum atomic E-state index is -0.369. The third kappa shape index (κ3) is 14.2. The van der Waals surface area contributed by atoms with E-state index < -0.39 is 0 Å². The van der Waals surface area contributed by atoms with Crippen molar-refractivity contribution >= 4 is 71.7 Å². The Labute approximate surface area is 236 Å². The first-order chi connectivity index (χ1) is 16.6. The fourth-order valence-corrected chi connectivity index (χ4v) is 3.33. The lowest BCUT2D eigenvalue weighted by Crippen LogP contribution is -2.09. The molecule has 0 spiro atoms. The van der Waals surface area contributed by atoms with Crippen LogP contribution < -0.4 is 9.47 Å². The Hall–Kier alpha value is -2.42. The van der Waals surface area contributed by atoms with Gasteiger partial charge in [0.2, 0.25) is 0 Å². The quantitative estimate of drug-likeness (QED) is 0.249. The molecule has 0 fully saturated rings. The Bertz CT molecular complexity index is 998. The van der Waals surface area contributed by atoms with E-state index in [4.69, 9.17) is 28.7 Å². The average molecular weight is 697 g/mol. The molecule has 2 rings (SSSR count). The number of halogens is 3. The van der Waals surface area contributed by atoms with E-state index >= 15 is 0 Å². The fraction of sp³-hybridized carbons (Fsp3) is 0.360. The van der Waals surface area contributed by atoms with E-state index in [2.05, 4.69) is 61.6 Å². The van der Waals surface area contributed by atoms with Crippen LogP contribution in [-0.2, 0) is 32.0 Å². The molecule has 11 heteroatoms. The van der Waals surface area contributed by atoms with Crippen molar-refractivity contribution in [2.24, 2.45) is 0 Å². The molecule has 0 amide bonds. The molecule has 0 aliphatic heterocycles. The van der Waals surface area contributed by atoms with E-state index in [1.54, 1.807) is 20.3 Å². The van der Waals surface area contributed by atoms with Crippen LogP contribution >= 0.6 is 47.8 Å². The number of benzene rings is 2. The molecule has 0 aliphatic rings. The van der Waals surface area contributed by atoms with Crippen LogP contribution in [0, 0.1) is 0 Å². The smallest absolute Gasteiger partial charge is 0.373 e. The second-order valence-electron chi connectivity index (χ2n) is 6.16. The highest BCUT2D eigenvalue weighted by Crippen LogP contribution is 2.25. The van der Waals surface area contributed by atoms with Crippen molar-refractivity contribution in [3.8, 4) is 11.5 Å². The van der Waals surface area contributed by atoms with Crippen molar-refractivity contribution in [1.82, 2.24) is 0 Å². The van der Waals surface area contributed by atoms with Gasteiger partial charge in [-0.25, -0.2) is 0 Å². The largest absolute Gasteiger partial charge is 0.496 e. The third-order valence-electron chi connectivity index (χ3n) is 4.23. The van der Waals surface area contributed by atoms with Crippen molar-refractivity contribution in [3.63, 3.8) is 0 Å². The number of aryl methyl sites for hydroxylation is 2. The van der Waals surface area contributed by atoms with Gasteiger partial charge >= 0.3 is 12.3 Å². The Kier molecular flexibility index (Phi) is 24.4. The maximum atomic E-state index is 11.8. The molecule has 0 heterocycles. The summed E-state index contributed by atoms with van der Waals surface area (Å²) in [6, 6.07) is 11.3. The summed E-state index contributed by atoms with van der Waals surface area (Å²) in [7, 11) is 3.16. The number of Topliss-reactive ketones (excluding diaryl/α,β-unsaturated/α-hetero) is 2. The van der Waals surface area contributed by atoms with Gasteiger partial charge in [-0.3, -0.25) is 9.59 Å². The predicted octanol–water partition coefficient (Wildman–Crippen LogP) is 5.86. The Balaban J connectivity index is -0.000000486. The highest BCUT2D eigenvalue weighted by Gasteiger charge is 2.18. The van der Waals surface area contributed by atoms with Crippen LogP contribution in [0.3, 0.4) is 0 Å². The van der Waals surface area contributed by atoms with Crippen LogP contribution in [0.2, 0.25) is 0 Å². The summed E-state index contributed by atoms with van der Waals surface area (Å²) in [5, 5.41) is 0.328. The highest BCUT2D eigenvalue weighted by molar-refractivity contribution is 9.25. The maximum absolute atomic E-state index is 11.8. The SMILES string of the molecule is C.CCc1ccc(C(=O)C(Br)Br)c(OC)c1.CCc1ccc(C(=O)CBr)c(OC)c1.O=C=O.O=C=O. The summed E-state index contributed by atoms with van der Waals surface area (Å²) >= 11 is 9.52. The standard InChI is InChI=1S/C11H12Br2O2.C11H13BrO2.2CO2.CH4/c1-3-7-4-5-8(9(6-7)15-2)10(14)11(12)13;1-3-8-4-5-9(10(13)7-12)11(6-8)14-2;2*2-1-3;/h4-6,11H,3H2,1-2H3;4-6H,3,7H2,1-2H3;;;1H4. The second-order valence-corrected chi connectivity index (χ2v) is 9.79. The normalized spacial score (nSPS) is 8.67. The molecule has 0 N–H and O–H groups in total. The number of hydrogen-bond donors (Lipinski definition) is 0. The Morgan fingerprint density at radius 1 is 0.806 bits per heavy atom. The maximum Gasteiger partial charge on any atom is 0.373 e. The summed E-state index contributed by atoms with van der Waals surface area (Å²) < 4.78 is 10.00. The summed E-state index contributed by atoms with van der Waals surface area (Å²) in [5.74, 6) is 1.30. The number of hydrogen-bond acceptors (Lipinski definition) is 8. The Morgan fingerprint density at radius 2 is 1.17 bits per heavy atom. The summed E-state index contributed by atoms with van der Waals surface area (Å²) in [6.07, 6.45) is 2.37. The number of ketones is 2. The van der Waals surface area contributed by atoms with E-state index in [0.29, 0.717) is 28.0 Å².